The number of nitrogens with one attached hydrogen (secondary N) is 2. The van der Waals surface area contributed by atoms with Crippen LogP contribution < -0.4 is 5.32 Å². The van der Waals surface area contributed by atoms with Crippen molar-refractivity contribution in [2.45, 2.75) is 45.3 Å². The highest BCUT2D eigenvalue weighted by Crippen LogP contribution is 2.31. The van der Waals surface area contributed by atoms with E-state index in [1.54, 1.807) is 12.3 Å². The summed E-state index contributed by atoms with van der Waals surface area (Å²) in [4.78, 5) is 20.2. The molecule has 30 heavy (non-hydrogen) atoms. The first-order valence-corrected chi connectivity index (χ1v) is 10.8. The van der Waals surface area contributed by atoms with Crippen molar-refractivity contribution in [3.8, 4) is 11.3 Å². The van der Waals surface area contributed by atoms with Gasteiger partial charge in [-0.2, -0.15) is 0 Å². The predicted octanol–water partition coefficient (Wildman–Crippen LogP) is 6.19. The van der Waals surface area contributed by atoms with Crippen LogP contribution in [0.3, 0.4) is 0 Å². The molecule has 0 saturated carbocycles. The van der Waals surface area contributed by atoms with E-state index in [-0.39, 0.29) is 11.7 Å². The second-order valence-electron chi connectivity index (χ2n) is 8.13. The van der Waals surface area contributed by atoms with Crippen LogP contribution in [0.2, 0.25) is 0 Å². The van der Waals surface area contributed by atoms with Gasteiger partial charge in [-0.1, -0.05) is 37.3 Å². The van der Waals surface area contributed by atoms with E-state index >= 15 is 0 Å². The van der Waals surface area contributed by atoms with Gasteiger partial charge in [0.1, 0.15) is 17.2 Å². The summed E-state index contributed by atoms with van der Waals surface area (Å²) < 4.78 is 20.7. The van der Waals surface area contributed by atoms with E-state index < -0.39 is 17.7 Å². The lowest BCUT2D eigenvalue weighted by Crippen LogP contribution is -2.37. The minimum atomic E-state index is -0.622. The molecule has 5 nitrogen and oxygen atoms in total. The maximum absolute atomic E-state index is 14.4. The molecule has 0 aliphatic carbocycles. The Morgan fingerprint density at radius 3 is 2.53 bits per heavy atom. The van der Waals surface area contributed by atoms with Gasteiger partial charge >= 0.3 is 6.09 Å². The maximum atomic E-state index is 14.4. The average molecular weight is 521 g/mol. The monoisotopic (exact) mass is 521 g/mol. The fraction of sp³-hybridized carbons (Fsp3) is 0.304. The number of amides is 1. The van der Waals surface area contributed by atoms with Crippen LogP contribution in [0.25, 0.3) is 11.3 Å². The molecular weight excluding hydrogens is 496 g/mol. The maximum Gasteiger partial charge on any atom is 0.408 e. The second-order valence-corrected chi connectivity index (χ2v) is 9.38. The number of hydrogen-bond acceptors (Lipinski definition) is 3. The molecule has 0 unspecified atom stereocenters. The standard InChI is InChI=1S/C23H25FIN3O2/c1-14(15-8-6-5-7-9-15)20(28-22(29)30-23(2,3)4)21-26-13-19(27-21)17-11-10-16(25)12-18(17)24/h5-14,20H,1-4H3,(H,26,27)(H,28,29)/t14-,20+/m1/s1. The fourth-order valence-electron chi connectivity index (χ4n) is 3.15. The molecule has 1 heterocycles. The molecule has 0 bridgehead atoms. The van der Waals surface area contributed by atoms with E-state index in [1.807, 2.05) is 64.1 Å². The minimum Gasteiger partial charge on any atom is -0.444 e. The largest absolute Gasteiger partial charge is 0.444 e. The Balaban J connectivity index is 1.94. The molecule has 2 N–H and O–H groups in total. The molecule has 0 aliphatic rings. The van der Waals surface area contributed by atoms with Crippen molar-refractivity contribution in [3.05, 3.63) is 75.5 Å². The number of carbonyl (C=O) groups is 1. The number of imidazole rings is 1. The van der Waals surface area contributed by atoms with Crippen LogP contribution in [0.4, 0.5) is 9.18 Å². The van der Waals surface area contributed by atoms with Crippen LogP contribution in [0.5, 0.6) is 0 Å². The summed E-state index contributed by atoms with van der Waals surface area (Å²) in [5, 5.41) is 2.93. The second kappa shape index (κ2) is 9.16. The molecule has 158 valence electrons. The van der Waals surface area contributed by atoms with Crippen LogP contribution >= 0.6 is 22.6 Å². The third-order valence-corrected chi connectivity index (χ3v) is 5.28. The van der Waals surface area contributed by atoms with Gasteiger partial charge in [-0.05, 0) is 67.1 Å². The first-order chi connectivity index (χ1) is 14.1. The zero-order chi connectivity index (χ0) is 21.9. The summed E-state index contributed by atoms with van der Waals surface area (Å²) >= 11 is 2.07. The van der Waals surface area contributed by atoms with Crippen molar-refractivity contribution in [2.75, 3.05) is 0 Å². The van der Waals surface area contributed by atoms with Crippen LogP contribution in [-0.4, -0.2) is 21.7 Å². The first-order valence-electron chi connectivity index (χ1n) is 9.69. The Labute approximate surface area is 189 Å². The lowest BCUT2D eigenvalue weighted by molar-refractivity contribution is 0.0494. The van der Waals surface area contributed by atoms with Crippen molar-refractivity contribution in [3.63, 3.8) is 0 Å². The van der Waals surface area contributed by atoms with E-state index in [0.717, 1.165) is 9.13 Å². The van der Waals surface area contributed by atoms with Gasteiger partial charge in [-0.15, -0.1) is 0 Å². The Morgan fingerprint density at radius 2 is 1.90 bits per heavy atom. The number of rotatable bonds is 5. The normalized spacial score (nSPS) is 13.5. The number of nitrogens with zero attached hydrogens (tertiary/aromatic N) is 1. The molecule has 3 aromatic rings. The highest BCUT2D eigenvalue weighted by molar-refractivity contribution is 14.1. The Hall–Kier alpha value is -2.42. The number of aromatic amines is 1. The number of H-pyrrole nitrogens is 1. The lowest BCUT2D eigenvalue weighted by atomic mass is 9.93. The summed E-state index contributed by atoms with van der Waals surface area (Å²) in [5.74, 6) is 0.106. The molecule has 7 heteroatoms. The van der Waals surface area contributed by atoms with Gasteiger partial charge in [0.15, 0.2) is 0 Å². The predicted molar refractivity (Wildman–Crippen MR) is 124 cm³/mol. The van der Waals surface area contributed by atoms with Gasteiger partial charge in [-0.3, -0.25) is 0 Å². The molecule has 0 fully saturated rings. The topological polar surface area (TPSA) is 67.0 Å². The Morgan fingerprint density at radius 1 is 1.20 bits per heavy atom. The molecule has 0 aliphatic heterocycles. The van der Waals surface area contributed by atoms with Crippen LogP contribution in [0.15, 0.2) is 54.7 Å². The molecule has 0 spiro atoms. The molecule has 1 amide bonds. The van der Waals surface area contributed by atoms with Crippen LogP contribution in [-0.2, 0) is 4.74 Å². The molecule has 1 aromatic heterocycles. The van der Waals surface area contributed by atoms with E-state index in [0.29, 0.717) is 17.1 Å². The first kappa shape index (κ1) is 22.3. The number of halogens is 2. The van der Waals surface area contributed by atoms with Gasteiger partial charge in [0.05, 0.1) is 17.9 Å². The van der Waals surface area contributed by atoms with Gasteiger partial charge in [-0.25, -0.2) is 14.2 Å². The highest BCUT2D eigenvalue weighted by Gasteiger charge is 2.28. The van der Waals surface area contributed by atoms with Gasteiger partial charge in [0.25, 0.3) is 0 Å². The summed E-state index contributed by atoms with van der Waals surface area (Å²) in [6.07, 6.45) is 1.05. The molecular formula is C23H25FIN3O2. The van der Waals surface area contributed by atoms with Crippen molar-refractivity contribution < 1.29 is 13.9 Å². The molecule has 2 aromatic carbocycles. The van der Waals surface area contributed by atoms with Crippen molar-refractivity contribution in [1.29, 1.82) is 0 Å². The highest BCUT2D eigenvalue weighted by atomic mass is 127. The average Bonchev–Trinajstić information content (AvgIpc) is 3.14. The molecule has 0 saturated heterocycles. The Kier molecular flexibility index (Phi) is 6.80. The van der Waals surface area contributed by atoms with Crippen molar-refractivity contribution >= 4 is 28.7 Å². The van der Waals surface area contributed by atoms with Crippen LogP contribution in [0, 0.1) is 9.39 Å². The third-order valence-electron chi connectivity index (χ3n) is 4.61. The number of hydrogen-bond donors (Lipinski definition) is 2. The van der Waals surface area contributed by atoms with E-state index in [2.05, 4.69) is 37.9 Å². The number of aromatic nitrogens is 2. The smallest absolute Gasteiger partial charge is 0.408 e. The van der Waals surface area contributed by atoms with Gasteiger partial charge in [0, 0.05) is 15.1 Å². The van der Waals surface area contributed by atoms with Gasteiger partial charge in [0.2, 0.25) is 0 Å². The summed E-state index contributed by atoms with van der Waals surface area (Å²) in [5.41, 5.74) is 1.40. The lowest BCUT2D eigenvalue weighted by Gasteiger charge is -2.26. The van der Waals surface area contributed by atoms with Crippen molar-refractivity contribution in [1.82, 2.24) is 15.3 Å². The quantitative estimate of drug-likeness (QED) is 0.394. The zero-order valence-electron chi connectivity index (χ0n) is 17.4. The van der Waals surface area contributed by atoms with Gasteiger partial charge < -0.3 is 15.0 Å². The summed E-state index contributed by atoms with van der Waals surface area (Å²) in [6.45, 7) is 7.44. The molecule has 2 atom stereocenters. The molecule has 3 rings (SSSR count). The summed E-state index contributed by atoms with van der Waals surface area (Å²) in [7, 11) is 0. The van der Waals surface area contributed by atoms with E-state index in [9.17, 15) is 9.18 Å². The molecule has 0 radical (unpaired) electrons. The summed E-state index contributed by atoms with van der Waals surface area (Å²) in [6, 6.07) is 14.4. The third kappa shape index (κ3) is 5.59. The van der Waals surface area contributed by atoms with Crippen molar-refractivity contribution in [2.24, 2.45) is 0 Å². The minimum absolute atomic E-state index is 0.0979. The fourth-order valence-corrected chi connectivity index (χ4v) is 3.61. The number of carbonyl (C=O) groups excluding carboxylic acids is 1. The van der Waals surface area contributed by atoms with Crippen LogP contribution in [0.1, 0.15) is 51.0 Å². The Bertz CT molecular complexity index is 1010. The SMILES string of the molecule is C[C@H](c1ccccc1)[C@H](NC(=O)OC(C)(C)C)c1ncc(-c2ccc(I)cc2F)[nH]1. The van der Waals surface area contributed by atoms with E-state index in [4.69, 9.17) is 4.74 Å². The number of benzene rings is 2. The number of alkyl carbamates (subject to hydrolysis) is 1. The number of ether oxygens (including phenoxy) is 1. The zero-order valence-corrected chi connectivity index (χ0v) is 19.5. The van der Waals surface area contributed by atoms with E-state index in [1.165, 1.54) is 6.07 Å².